The lowest BCUT2D eigenvalue weighted by Gasteiger charge is -2.37. The summed E-state index contributed by atoms with van der Waals surface area (Å²) in [5, 5.41) is 6.38. The molecule has 27 heavy (non-hydrogen) atoms. The molecule has 1 aliphatic rings. The van der Waals surface area contributed by atoms with Crippen molar-refractivity contribution in [1.82, 2.24) is 15.1 Å². The van der Waals surface area contributed by atoms with Crippen LogP contribution in [0.15, 0.2) is 29.3 Å². The van der Waals surface area contributed by atoms with Gasteiger partial charge in [0, 0.05) is 25.3 Å². The number of nitrogens with zero attached hydrogens (tertiary/aromatic N) is 3. The minimum Gasteiger partial charge on any atom is -0.357 e. The molecule has 2 rings (SSSR count). The van der Waals surface area contributed by atoms with E-state index in [1.54, 1.807) is 0 Å². The van der Waals surface area contributed by atoms with Crippen molar-refractivity contribution in [2.75, 3.05) is 45.6 Å². The number of piperidine rings is 1. The van der Waals surface area contributed by atoms with E-state index in [1.165, 1.54) is 6.42 Å². The van der Waals surface area contributed by atoms with E-state index in [9.17, 15) is 4.79 Å². The Kier molecular flexibility index (Phi) is 8.10. The number of nitrogens with one attached hydrogen (secondary N) is 2. The van der Waals surface area contributed by atoms with E-state index in [-0.39, 0.29) is 5.91 Å². The number of carbonyl (C=O) groups is 1. The molecule has 0 bridgehead atoms. The third-order valence-electron chi connectivity index (χ3n) is 4.59. The maximum atomic E-state index is 12.0. The van der Waals surface area contributed by atoms with Crippen LogP contribution in [0.4, 0.5) is 5.69 Å². The van der Waals surface area contributed by atoms with E-state index >= 15 is 0 Å². The first-order chi connectivity index (χ1) is 12.9. The van der Waals surface area contributed by atoms with Crippen LogP contribution in [0.1, 0.15) is 32.8 Å². The maximum Gasteiger partial charge on any atom is 0.238 e. The van der Waals surface area contributed by atoms with Gasteiger partial charge in [-0.25, -0.2) is 4.99 Å². The molecule has 0 saturated carbocycles. The van der Waals surface area contributed by atoms with Crippen molar-refractivity contribution in [3.05, 3.63) is 29.8 Å². The SMILES string of the molecule is CCNC(=NCc1cccc(NC(=O)CN(C)C)c1)N1CC(C)CC(C)C1. The Morgan fingerprint density at radius 2 is 1.96 bits per heavy atom. The molecule has 1 fully saturated rings. The second kappa shape index (κ2) is 10.3. The van der Waals surface area contributed by atoms with Crippen LogP contribution >= 0.6 is 0 Å². The van der Waals surface area contributed by atoms with Crippen LogP contribution in [0.5, 0.6) is 0 Å². The van der Waals surface area contributed by atoms with Gasteiger partial charge in [-0.3, -0.25) is 4.79 Å². The standard InChI is InChI=1S/C21H35N5O/c1-6-22-21(26-13-16(2)10-17(3)14-26)23-12-18-8-7-9-19(11-18)24-20(27)15-25(4)5/h7-9,11,16-17H,6,10,12-15H2,1-5H3,(H,22,23)(H,24,27). The van der Waals surface area contributed by atoms with Crippen molar-refractivity contribution in [2.24, 2.45) is 16.8 Å². The third-order valence-corrected chi connectivity index (χ3v) is 4.59. The lowest BCUT2D eigenvalue weighted by molar-refractivity contribution is -0.116. The summed E-state index contributed by atoms with van der Waals surface area (Å²) < 4.78 is 0. The number of likely N-dealkylation sites (N-methyl/N-ethyl adjacent to an activating group) is 1. The van der Waals surface area contributed by atoms with Gasteiger partial charge in [-0.2, -0.15) is 0 Å². The third kappa shape index (κ3) is 7.21. The Morgan fingerprint density at radius 1 is 1.26 bits per heavy atom. The number of hydrogen-bond acceptors (Lipinski definition) is 3. The molecule has 1 saturated heterocycles. The fraction of sp³-hybridized carbons (Fsp3) is 0.619. The molecule has 2 atom stereocenters. The fourth-order valence-electron chi connectivity index (χ4n) is 3.66. The lowest BCUT2D eigenvalue weighted by Crippen LogP contribution is -2.48. The van der Waals surface area contributed by atoms with E-state index in [0.29, 0.717) is 24.9 Å². The van der Waals surface area contributed by atoms with Crippen LogP contribution in [0.2, 0.25) is 0 Å². The highest BCUT2D eigenvalue weighted by Crippen LogP contribution is 2.21. The van der Waals surface area contributed by atoms with E-state index in [4.69, 9.17) is 4.99 Å². The Morgan fingerprint density at radius 3 is 2.59 bits per heavy atom. The van der Waals surface area contributed by atoms with Gasteiger partial charge in [0.15, 0.2) is 5.96 Å². The highest BCUT2D eigenvalue weighted by molar-refractivity contribution is 5.92. The zero-order valence-electron chi connectivity index (χ0n) is 17.5. The first kappa shape index (κ1) is 21.2. The van der Waals surface area contributed by atoms with Crippen molar-refractivity contribution in [1.29, 1.82) is 0 Å². The molecule has 1 aromatic rings. The molecule has 0 aromatic heterocycles. The van der Waals surface area contributed by atoms with Crippen LogP contribution in [0, 0.1) is 11.8 Å². The Balaban J connectivity index is 2.04. The molecule has 1 heterocycles. The predicted octanol–water partition coefficient (Wildman–Crippen LogP) is 2.63. The molecule has 1 amide bonds. The summed E-state index contributed by atoms with van der Waals surface area (Å²) >= 11 is 0. The molecule has 2 unspecified atom stereocenters. The molecule has 6 heteroatoms. The molecule has 0 spiro atoms. The largest absolute Gasteiger partial charge is 0.357 e. The van der Waals surface area contributed by atoms with Crippen LogP contribution in [0.25, 0.3) is 0 Å². The number of rotatable bonds is 6. The van der Waals surface area contributed by atoms with Crippen molar-refractivity contribution in [2.45, 2.75) is 33.7 Å². The Labute approximate surface area is 164 Å². The molecule has 1 aliphatic heterocycles. The molecule has 6 nitrogen and oxygen atoms in total. The van der Waals surface area contributed by atoms with Crippen LogP contribution in [-0.2, 0) is 11.3 Å². The van der Waals surface area contributed by atoms with Crippen molar-refractivity contribution < 1.29 is 4.79 Å². The highest BCUT2D eigenvalue weighted by Gasteiger charge is 2.23. The number of amides is 1. The average Bonchev–Trinajstić information content (AvgIpc) is 2.57. The lowest BCUT2D eigenvalue weighted by atomic mass is 9.92. The summed E-state index contributed by atoms with van der Waals surface area (Å²) in [6.07, 6.45) is 1.28. The number of anilines is 1. The normalized spacial score (nSPS) is 20.7. The Bertz CT molecular complexity index is 633. The topological polar surface area (TPSA) is 60.0 Å². The summed E-state index contributed by atoms with van der Waals surface area (Å²) in [6.45, 7) is 10.7. The zero-order chi connectivity index (χ0) is 19.8. The number of benzene rings is 1. The van der Waals surface area contributed by atoms with Crippen LogP contribution < -0.4 is 10.6 Å². The minimum absolute atomic E-state index is 0.00900. The van der Waals surface area contributed by atoms with Crippen molar-refractivity contribution in [3.8, 4) is 0 Å². The van der Waals surface area contributed by atoms with Crippen LogP contribution in [-0.4, -0.2) is 61.9 Å². The molecule has 150 valence electrons. The molecular weight excluding hydrogens is 338 g/mol. The smallest absolute Gasteiger partial charge is 0.238 e. The van der Waals surface area contributed by atoms with Gasteiger partial charge in [0.2, 0.25) is 5.91 Å². The quantitative estimate of drug-likeness (QED) is 0.594. The number of aliphatic imine (C=N–C) groups is 1. The molecule has 0 radical (unpaired) electrons. The predicted molar refractivity (Wildman–Crippen MR) is 113 cm³/mol. The second-order valence-electron chi connectivity index (χ2n) is 8.01. The van der Waals surface area contributed by atoms with E-state index < -0.39 is 0 Å². The molecule has 1 aromatic carbocycles. The van der Waals surface area contributed by atoms with Crippen molar-refractivity contribution >= 4 is 17.6 Å². The van der Waals surface area contributed by atoms with Gasteiger partial charge in [0.1, 0.15) is 0 Å². The van der Waals surface area contributed by atoms with E-state index in [2.05, 4.69) is 42.4 Å². The highest BCUT2D eigenvalue weighted by atomic mass is 16.2. The average molecular weight is 374 g/mol. The Hall–Kier alpha value is -2.08. The van der Waals surface area contributed by atoms with Gasteiger partial charge in [0.05, 0.1) is 13.1 Å². The first-order valence-electron chi connectivity index (χ1n) is 9.94. The number of guanidine groups is 1. The molecular formula is C21H35N5O. The fourth-order valence-corrected chi connectivity index (χ4v) is 3.66. The maximum absolute atomic E-state index is 12.0. The van der Waals surface area contributed by atoms with Gasteiger partial charge in [-0.15, -0.1) is 0 Å². The van der Waals surface area contributed by atoms with Gasteiger partial charge in [-0.1, -0.05) is 26.0 Å². The van der Waals surface area contributed by atoms with Gasteiger partial charge in [-0.05, 0) is 57.0 Å². The summed E-state index contributed by atoms with van der Waals surface area (Å²) in [7, 11) is 3.77. The second-order valence-corrected chi connectivity index (χ2v) is 8.01. The zero-order valence-corrected chi connectivity index (χ0v) is 17.5. The number of likely N-dealkylation sites (tertiary alicyclic amines) is 1. The number of carbonyl (C=O) groups excluding carboxylic acids is 1. The number of hydrogen-bond donors (Lipinski definition) is 2. The van der Waals surface area contributed by atoms with E-state index in [0.717, 1.165) is 36.8 Å². The van der Waals surface area contributed by atoms with Gasteiger partial charge in [0.25, 0.3) is 0 Å². The summed E-state index contributed by atoms with van der Waals surface area (Å²) in [5.41, 5.74) is 1.91. The first-order valence-corrected chi connectivity index (χ1v) is 9.94. The molecule has 0 aliphatic carbocycles. The van der Waals surface area contributed by atoms with Crippen LogP contribution in [0.3, 0.4) is 0 Å². The van der Waals surface area contributed by atoms with Crippen molar-refractivity contribution in [3.63, 3.8) is 0 Å². The summed E-state index contributed by atoms with van der Waals surface area (Å²) in [4.78, 5) is 21.0. The molecule has 2 N–H and O–H groups in total. The van der Waals surface area contributed by atoms with E-state index in [1.807, 2.05) is 37.2 Å². The van der Waals surface area contributed by atoms with Gasteiger partial charge < -0.3 is 20.4 Å². The summed E-state index contributed by atoms with van der Waals surface area (Å²) in [6, 6.07) is 7.94. The summed E-state index contributed by atoms with van der Waals surface area (Å²) in [5.74, 6) is 2.35. The minimum atomic E-state index is -0.00900. The van der Waals surface area contributed by atoms with Gasteiger partial charge >= 0.3 is 0 Å². The monoisotopic (exact) mass is 373 g/mol.